The molecule has 23 heavy (non-hydrogen) atoms. The molecular weight excluding hydrogens is 335 g/mol. The molecule has 1 aromatic heterocycles. The number of thiazole rings is 1. The molecule has 2 aromatic carbocycles. The zero-order chi connectivity index (χ0) is 16.2. The molecule has 3 nitrogen and oxygen atoms in total. The molecule has 1 N–H and O–H groups in total. The van der Waals surface area contributed by atoms with Crippen LogP contribution in [-0.4, -0.2) is 12.1 Å². The van der Waals surface area contributed by atoms with Crippen molar-refractivity contribution in [2.24, 2.45) is 0 Å². The third-order valence-electron chi connectivity index (χ3n) is 3.34. The Kier molecular flexibility index (Phi) is 4.79. The Bertz CT molecular complexity index is 822. The van der Waals surface area contributed by atoms with E-state index in [2.05, 4.69) is 10.3 Å². The Morgan fingerprint density at radius 2 is 2.04 bits per heavy atom. The summed E-state index contributed by atoms with van der Waals surface area (Å²) in [5.41, 5.74) is 2.68. The zero-order valence-corrected chi connectivity index (χ0v) is 13.9. The molecule has 0 atom stereocenters. The highest BCUT2D eigenvalue weighted by Gasteiger charge is 2.06. The number of rotatable bonds is 5. The van der Waals surface area contributed by atoms with Gasteiger partial charge in [0.15, 0.2) is 16.0 Å². The number of halogens is 2. The molecule has 0 saturated carbocycles. The molecule has 0 radical (unpaired) electrons. The fourth-order valence-electron chi connectivity index (χ4n) is 2.21. The minimum atomic E-state index is -0.373. The first-order chi connectivity index (χ1) is 11.2. The van der Waals surface area contributed by atoms with Crippen LogP contribution in [-0.2, 0) is 6.54 Å². The molecule has 3 aromatic rings. The van der Waals surface area contributed by atoms with E-state index >= 15 is 0 Å². The normalized spacial score (nSPS) is 10.6. The average Bonchev–Trinajstić information content (AvgIpc) is 2.98. The van der Waals surface area contributed by atoms with Crippen LogP contribution in [0.25, 0.3) is 11.1 Å². The summed E-state index contributed by atoms with van der Waals surface area (Å²) < 4.78 is 19.3. The first-order valence-electron chi connectivity index (χ1n) is 6.94. The molecular formula is C17H14ClFN2OS. The van der Waals surface area contributed by atoms with E-state index < -0.39 is 0 Å². The number of hydrogen-bond donors (Lipinski definition) is 1. The van der Waals surface area contributed by atoms with Crippen molar-refractivity contribution in [2.45, 2.75) is 6.54 Å². The molecule has 0 aliphatic heterocycles. The third-order valence-corrected chi connectivity index (χ3v) is 4.45. The lowest BCUT2D eigenvalue weighted by atomic mass is 10.0. The molecule has 0 aliphatic carbocycles. The second kappa shape index (κ2) is 6.98. The van der Waals surface area contributed by atoms with Crippen molar-refractivity contribution in [3.05, 3.63) is 63.8 Å². The second-order valence-electron chi connectivity index (χ2n) is 4.86. The van der Waals surface area contributed by atoms with E-state index in [1.165, 1.54) is 24.5 Å². The van der Waals surface area contributed by atoms with E-state index in [0.29, 0.717) is 11.0 Å². The van der Waals surface area contributed by atoms with E-state index in [-0.39, 0.29) is 11.6 Å². The predicted octanol–water partition coefficient (Wildman–Crippen LogP) is 5.22. The van der Waals surface area contributed by atoms with Gasteiger partial charge in [-0.25, -0.2) is 9.37 Å². The van der Waals surface area contributed by atoms with Crippen LogP contribution >= 0.6 is 22.9 Å². The maximum Gasteiger partial charge on any atom is 0.183 e. The van der Waals surface area contributed by atoms with Gasteiger partial charge in [-0.05, 0) is 35.4 Å². The summed E-state index contributed by atoms with van der Waals surface area (Å²) in [5, 5.41) is 3.31. The highest BCUT2D eigenvalue weighted by Crippen LogP contribution is 2.27. The molecule has 3 rings (SSSR count). The number of ether oxygens (including phenoxy) is 1. The van der Waals surface area contributed by atoms with Gasteiger partial charge in [-0.3, -0.25) is 0 Å². The van der Waals surface area contributed by atoms with Crippen LogP contribution in [0.15, 0.2) is 48.7 Å². The lowest BCUT2D eigenvalue weighted by molar-refractivity contribution is 0.386. The van der Waals surface area contributed by atoms with Crippen LogP contribution in [0.1, 0.15) is 4.88 Å². The third kappa shape index (κ3) is 3.81. The molecule has 0 aliphatic rings. The molecule has 118 valence electrons. The predicted molar refractivity (Wildman–Crippen MR) is 92.8 cm³/mol. The van der Waals surface area contributed by atoms with Gasteiger partial charge >= 0.3 is 0 Å². The lowest BCUT2D eigenvalue weighted by Gasteiger charge is -2.09. The van der Waals surface area contributed by atoms with Crippen LogP contribution in [0.2, 0.25) is 4.47 Å². The molecule has 0 saturated heterocycles. The number of nitrogens with zero attached hydrogens (tertiary/aromatic N) is 1. The van der Waals surface area contributed by atoms with Gasteiger partial charge in [0.2, 0.25) is 0 Å². The lowest BCUT2D eigenvalue weighted by Crippen LogP contribution is -1.97. The first-order valence-corrected chi connectivity index (χ1v) is 8.13. The van der Waals surface area contributed by atoms with Gasteiger partial charge in [-0.1, -0.05) is 29.8 Å². The van der Waals surface area contributed by atoms with Crippen LogP contribution in [0.4, 0.5) is 10.1 Å². The highest BCUT2D eigenvalue weighted by atomic mass is 35.5. The van der Waals surface area contributed by atoms with Crippen molar-refractivity contribution in [1.29, 1.82) is 0 Å². The van der Waals surface area contributed by atoms with Crippen molar-refractivity contribution >= 4 is 28.6 Å². The van der Waals surface area contributed by atoms with Gasteiger partial charge in [0.1, 0.15) is 0 Å². The van der Waals surface area contributed by atoms with Crippen LogP contribution in [0.3, 0.4) is 0 Å². The number of aromatic nitrogens is 1. The fraction of sp³-hybridized carbons (Fsp3) is 0.118. The highest BCUT2D eigenvalue weighted by molar-refractivity contribution is 7.15. The van der Waals surface area contributed by atoms with Crippen LogP contribution in [0.5, 0.6) is 5.75 Å². The van der Waals surface area contributed by atoms with E-state index in [9.17, 15) is 4.39 Å². The SMILES string of the molecule is COc1ccc(-c2cccc(NCc3cnc(Cl)s3)c2)cc1F. The summed E-state index contributed by atoms with van der Waals surface area (Å²) in [4.78, 5) is 5.06. The Balaban J connectivity index is 1.78. The van der Waals surface area contributed by atoms with E-state index in [1.54, 1.807) is 12.3 Å². The van der Waals surface area contributed by atoms with Gasteiger partial charge in [-0.15, -0.1) is 11.3 Å². The Morgan fingerprint density at radius 1 is 1.22 bits per heavy atom. The number of methoxy groups -OCH3 is 1. The van der Waals surface area contributed by atoms with Gasteiger partial charge in [0, 0.05) is 16.8 Å². The Labute approximate surface area is 142 Å². The fourth-order valence-corrected chi connectivity index (χ4v) is 3.13. The smallest absolute Gasteiger partial charge is 0.183 e. The Hall–Kier alpha value is -2.11. The van der Waals surface area contributed by atoms with Gasteiger partial charge in [0.05, 0.1) is 13.7 Å². The summed E-state index contributed by atoms with van der Waals surface area (Å²) in [5.74, 6) is -0.132. The number of anilines is 1. The summed E-state index contributed by atoms with van der Waals surface area (Å²) in [7, 11) is 1.45. The van der Waals surface area contributed by atoms with Gasteiger partial charge in [0.25, 0.3) is 0 Å². The molecule has 1 heterocycles. The molecule has 6 heteroatoms. The van der Waals surface area contributed by atoms with E-state index in [4.69, 9.17) is 16.3 Å². The van der Waals surface area contributed by atoms with Gasteiger partial charge in [-0.2, -0.15) is 0 Å². The zero-order valence-electron chi connectivity index (χ0n) is 12.3. The van der Waals surface area contributed by atoms with Crippen molar-refractivity contribution < 1.29 is 9.13 Å². The van der Waals surface area contributed by atoms with E-state index in [0.717, 1.165) is 21.7 Å². The van der Waals surface area contributed by atoms with Crippen LogP contribution in [0, 0.1) is 5.82 Å². The summed E-state index contributed by atoms with van der Waals surface area (Å²) in [6, 6.07) is 12.8. The van der Waals surface area contributed by atoms with Crippen molar-refractivity contribution in [3.63, 3.8) is 0 Å². The summed E-state index contributed by atoms with van der Waals surface area (Å²) in [6.07, 6.45) is 1.75. The Morgan fingerprint density at radius 3 is 2.74 bits per heavy atom. The van der Waals surface area contributed by atoms with Crippen molar-refractivity contribution in [2.75, 3.05) is 12.4 Å². The summed E-state index contributed by atoms with van der Waals surface area (Å²) in [6.45, 7) is 0.644. The molecule has 0 spiro atoms. The topological polar surface area (TPSA) is 34.1 Å². The standard InChI is InChI=1S/C17H14ClFN2OS/c1-22-16-6-5-12(8-15(16)19)11-3-2-4-13(7-11)20-9-14-10-21-17(18)23-14/h2-8,10,20H,9H2,1H3. The average molecular weight is 349 g/mol. The summed E-state index contributed by atoms with van der Waals surface area (Å²) >= 11 is 7.26. The van der Waals surface area contributed by atoms with Crippen LogP contribution < -0.4 is 10.1 Å². The van der Waals surface area contributed by atoms with Gasteiger partial charge < -0.3 is 10.1 Å². The quantitative estimate of drug-likeness (QED) is 0.686. The molecule has 0 unspecified atom stereocenters. The molecule has 0 amide bonds. The monoisotopic (exact) mass is 348 g/mol. The first kappa shape index (κ1) is 15.8. The number of hydrogen-bond acceptors (Lipinski definition) is 4. The minimum absolute atomic E-state index is 0.241. The van der Waals surface area contributed by atoms with Crippen molar-refractivity contribution in [3.8, 4) is 16.9 Å². The maximum absolute atomic E-state index is 13.8. The number of nitrogens with one attached hydrogen (secondary N) is 1. The largest absolute Gasteiger partial charge is 0.494 e. The molecule has 0 bridgehead atoms. The second-order valence-corrected chi connectivity index (χ2v) is 6.56. The number of benzene rings is 2. The van der Waals surface area contributed by atoms with Crippen molar-refractivity contribution in [1.82, 2.24) is 4.98 Å². The maximum atomic E-state index is 13.8. The minimum Gasteiger partial charge on any atom is -0.494 e. The van der Waals surface area contributed by atoms with E-state index in [1.807, 2.05) is 30.3 Å². The molecule has 0 fully saturated rings.